The number of ether oxygens (including phenoxy) is 1. The van der Waals surface area contributed by atoms with Crippen LogP contribution in [0.15, 0.2) is 18.2 Å². The third-order valence-electron chi connectivity index (χ3n) is 3.18. The second-order valence-corrected chi connectivity index (χ2v) is 4.76. The first kappa shape index (κ1) is 13.6. The van der Waals surface area contributed by atoms with Gasteiger partial charge in [-0.1, -0.05) is 6.07 Å². The Morgan fingerprint density at radius 1 is 1.53 bits per heavy atom. The molecular weight excluding hydrogens is 246 g/mol. The molecule has 0 spiro atoms. The molecule has 1 amide bonds. The van der Waals surface area contributed by atoms with Gasteiger partial charge in [0.05, 0.1) is 35.8 Å². The number of nitrogen functional groups attached to an aromatic ring is 1. The van der Waals surface area contributed by atoms with E-state index < -0.39 is 5.91 Å². The number of anilines is 2. The van der Waals surface area contributed by atoms with E-state index in [1.807, 2.05) is 11.8 Å². The zero-order valence-corrected chi connectivity index (χ0v) is 10.9. The average molecular weight is 265 g/mol. The molecule has 1 saturated heterocycles. The molecule has 2 unspecified atom stereocenters. The number of carbonyl (C=O) groups excluding carboxylic acids is 1. The quantitative estimate of drug-likeness (QED) is 0.665. The van der Waals surface area contributed by atoms with Gasteiger partial charge in [-0.25, -0.2) is 0 Å². The number of hydrogen-bond acceptors (Lipinski definition) is 5. The monoisotopic (exact) mass is 265 g/mol. The number of morpholine rings is 1. The Balaban J connectivity index is 2.37. The van der Waals surface area contributed by atoms with Gasteiger partial charge in [0.2, 0.25) is 0 Å². The molecule has 2 rings (SSSR count). The van der Waals surface area contributed by atoms with Gasteiger partial charge in [0.15, 0.2) is 0 Å². The van der Waals surface area contributed by atoms with Gasteiger partial charge in [-0.2, -0.15) is 0 Å². The molecule has 1 heterocycles. The SMILES string of the molecule is CC1CN(c2c(N)cccc2C(N)=O)CC(CO)O1. The van der Waals surface area contributed by atoms with Crippen LogP contribution in [0.1, 0.15) is 17.3 Å². The van der Waals surface area contributed by atoms with Crippen molar-refractivity contribution < 1.29 is 14.6 Å². The van der Waals surface area contributed by atoms with Crippen molar-refractivity contribution in [2.45, 2.75) is 19.1 Å². The summed E-state index contributed by atoms with van der Waals surface area (Å²) in [5.74, 6) is -0.512. The van der Waals surface area contributed by atoms with Crippen molar-refractivity contribution in [1.82, 2.24) is 0 Å². The number of benzene rings is 1. The molecule has 1 fully saturated rings. The van der Waals surface area contributed by atoms with E-state index in [2.05, 4.69) is 0 Å². The van der Waals surface area contributed by atoms with Crippen molar-refractivity contribution in [3.63, 3.8) is 0 Å². The standard InChI is InChI=1S/C13H19N3O3/c1-8-5-16(6-9(7-17)19-8)12-10(13(15)18)3-2-4-11(12)14/h2-4,8-9,17H,5-7,14H2,1H3,(H2,15,18). The van der Waals surface area contributed by atoms with Crippen molar-refractivity contribution in [3.05, 3.63) is 23.8 Å². The first-order valence-electron chi connectivity index (χ1n) is 6.22. The molecule has 0 aromatic heterocycles. The zero-order valence-electron chi connectivity index (χ0n) is 10.9. The molecule has 104 valence electrons. The van der Waals surface area contributed by atoms with Crippen LogP contribution < -0.4 is 16.4 Å². The Kier molecular flexibility index (Phi) is 3.92. The number of amides is 1. The summed E-state index contributed by atoms with van der Waals surface area (Å²) >= 11 is 0. The molecule has 1 aromatic carbocycles. The lowest BCUT2D eigenvalue weighted by atomic mass is 10.1. The van der Waals surface area contributed by atoms with Crippen LogP contribution in [-0.4, -0.2) is 42.9 Å². The lowest BCUT2D eigenvalue weighted by molar-refractivity contribution is -0.0421. The third kappa shape index (κ3) is 2.80. The number of rotatable bonds is 3. The van der Waals surface area contributed by atoms with Crippen LogP contribution in [0.25, 0.3) is 0 Å². The van der Waals surface area contributed by atoms with Crippen molar-refractivity contribution in [2.24, 2.45) is 5.73 Å². The number of primary amides is 1. The fraction of sp³-hybridized carbons (Fsp3) is 0.462. The van der Waals surface area contributed by atoms with Gasteiger partial charge in [0.25, 0.3) is 5.91 Å². The Labute approximate surface area is 111 Å². The summed E-state index contributed by atoms with van der Waals surface area (Å²) in [4.78, 5) is 13.5. The van der Waals surface area contributed by atoms with Crippen LogP contribution in [0.5, 0.6) is 0 Å². The van der Waals surface area contributed by atoms with Crippen LogP contribution in [-0.2, 0) is 4.74 Å². The Bertz CT molecular complexity index is 478. The van der Waals surface area contributed by atoms with Crippen molar-refractivity contribution in [3.8, 4) is 0 Å². The molecule has 2 atom stereocenters. The van der Waals surface area contributed by atoms with E-state index in [0.29, 0.717) is 30.0 Å². The van der Waals surface area contributed by atoms with E-state index in [1.165, 1.54) is 0 Å². The maximum atomic E-state index is 11.5. The second-order valence-electron chi connectivity index (χ2n) is 4.76. The van der Waals surface area contributed by atoms with Gasteiger partial charge in [0.1, 0.15) is 0 Å². The molecule has 1 aliphatic rings. The van der Waals surface area contributed by atoms with Gasteiger partial charge in [-0.15, -0.1) is 0 Å². The molecule has 0 bridgehead atoms. The number of nitrogens with two attached hydrogens (primary N) is 2. The summed E-state index contributed by atoms with van der Waals surface area (Å²) in [7, 11) is 0. The molecule has 6 heteroatoms. The molecular formula is C13H19N3O3. The van der Waals surface area contributed by atoms with E-state index in [1.54, 1.807) is 18.2 Å². The third-order valence-corrected chi connectivity index (χ3v) is 3.18. The van der Waals surface area contributed by atoms with E-state index in [9.17, 15) is 9.90 Å². The van der Waals surface area contributed by atoms with Crippen LogP contribution in [0.4, 0.5) is 11.4 Å². The van der Waals surface area contributed by atoms with Gasteiger partial charge < -0.3 is 26.2 Å². The largest absolute Gasteiger partial charge is 0.397 e. The summed E-state index contributed by atoms with van der Waals surface area (Å²) in [5.41, 5.74) is 12.9. The summed E-state index contributed by atoms with van der Waals surface area (Å²) in [5, 5.41) is 9.25. The molecule has 0 aliphatic carbocycles. The molecule has 0 saturated carbocycles. The Morgan fingerprint density at radius 3 is 2.89 bits per heavy atom. The maximum absolute atomic E-state index is 11.5. The minimum absolute atomic E-state index is 0.0498. The first-order valence-corrected chi connectivity index (χ1v) is 6.22. The van der Waals surface area contributed by atoms with Crippen LogP contribution in [0, 0.1) is 0 Å². The van der Waals surface area contributed by atoms with Crippen molar-refractivity contribution in [2.75, 3.05) is 30.3 Å². The summed E-state index contributed by atoms with van der Waals surface area (Å²) in [6.07, 6.45) is -0.338. The second kappa shape index (κ2) is 5.46. The minimum atomic E-state index is -0.512. The lowest BCUT2D eigenvalue weighted by Crippen LogP contribution is -2.48. The van der Waals surface area contributed by atoms with Crippen molar-refractivity contribution >= 4 is 17.3 Å². The molecule has 6 nitrogen and oxygen atoms in total. The summed E-state index contributed by atoms with van der Waals surface area (Å²) in [6.45, 7) is 2.93. The lowest BCUT2D eigenvalue weighted by Gasteiger charge is -2.38. The van der Waals surface area contributed by atoms with E-state index in [0.717, 1.165) is 0 Å². The molecule has 1 aliphatic heterocycles. The molecule has 19 heavy (non-hydrogen) atoms. The van der Waals surface area contributed by atoms with Gasteiger partial charge in [-0.3, -0.25) is 4.79 Å². The molecule has 1 aromatic rings. The first-order chi connectivity index (χ1) is 9.02. The zero-order chi connectivity index (χ0) is 14.0. The number of carbonyl (C=O) groups is 1. The Morgan fingerprint density at radius 2 is 2.26 bits per heavy atom. The maximum Gasteiger partial charge on any atom is 0.250 e. The average Bonchev–Trinajstić information content (AvgIpc) is 2.37. The normalized spacial score (nSPS) is 23.4. The highest BCUT2D eigenvalue weighted by Crippen LogP contribution is 2.30. The predicted octanol–water partition coefficient (Wildman–Crippen LogP) is -0.0463. The predicted molar refractivity (Wildman–Crippen MR) is 73.0 cm³/mol. The van der Waals surface area contributed by atoms with Gasteiger partial charge >= 0.3 is 0 Å². The molecule has 0 radical (unpaired) electrons. The fourth-order valence-corrected chi connectivity index (χ4v) is 2.44. The highest BCUT2D eigenvalue weighted by molar-refractivity contribution is 6.01. The van der Waals surface area contributed by atoms with Crippen LogP contribution in [0.3, 0.4) is 0 Å². The Hall–Kier alpha value is -1.79. The number of aliphatic hydroxyl groups is 1. The number of nitrogens with zero attached hydrogens (tertiary/aromatic N) is 1. The van der Waals surface area contributed by atoms with Crippen LogP contribution in [0.2, 0.25) is 0 Å². The molecule has 5 N–H and O–H groups in total. The van der Waals surface area contributed by atoms with Crippen LogP contribution >= 0.6 is 0 Å². The van der Waals surface area contributed by atoms with Gasteiger partial charge in [-0.05, 0) is 19.1 Å². The summed E-state index contributed by atoms with van der Waals surface area (Å²) in [6, 6.07) is 5.09. The van der Waals surface area contributed by atoms with E-state index >= 15 is 0 Å². The summed E-state index contributed by atoms with van der Waals surface area (Å²) < 4.78 is 5.58. The highest BCUT2D eigenvalue weighted by Gasteiger charge is 2.28. The highest BCUT2D eigenvalue weighted by atomic mass is 16.5. The fourth-order valence-electron chi connectivity index (χ4n) is 2.44. The van der Waals surface area contributed by atoms with E-state index in [-0.39, 0.29) is 18.8 Å². The van der Waals surface area contributed by atoms with E-state index in [4.69, 9.17) is 16.2 Å². The topological polar surface area (TPSA) is 102 Å². The number of hydrogen-bond donors (Lipinski definition) is 3. The number of para-hydroxylation sites is 1. The smallest absolute Gasteiger partial charge is 0.250 e. The number of aliphatic hydroxyl groups excluding tert-OH is 1. The van der Waals surface area contributed by atoms with Gasteiger partial charge in [0, 0.05) is 13.1 Å². The van der Waals surface area contributed by atoms with Crippen molar-refractivity contribution in [1.29, 1.82) is 0 Å². The minimum Gasteiger partial charge on any atom is -0.397 e.